The van der Waals surface area contributed by atoms with Crippen LogP contribution in [0.2, 0.25) is 0 Å². The highest BCUT2D eigenvalue weighted by molar-refractivity contribution is 14.1. The van der Waals surface area contributed by atoms with Gasteiger partial charge in [0.15, 0.2) is 0 Å². The Labute approximate surface area is 108 Å². The molecule has 1 rings (SSSR count). The predicted molar refractivity (Wildman–Crippen MR) is 71.6 cm³/mol. The van der Waals surface area contributed by atoms with Crippen LogP contribution >= 0.6 is 22.6 Å². The Morgan fingerprint density at radius 1 is 1.56 bits per heavy atom. The van der Waals surface area contributed by atoms with Crippen LogP contribution in [0.3, 0.4) is 0 Å². The van der Waals surface area contributed by atoms with E-state index in [0.717, 1.165) is 9.13 Å². The third-order valence-corrected chi connectivity index (χ3v) is 2.69. The normalized spacial score (nSPS) is 11.6. The fourth-order valence-corrected chi connectivity index (χ4v) is 1.86. The molecule has 0 atom stereocenters. The Balaban J connectivity index is 2.70. The van der Waals surface area contributed by atoms with Gasteiger partial charge in [-0.3, -0.25) is 4.99 Å². The van der Waals surface area contributed by atoms with Gasteiger partial charge in [-0.1, -0.05) is 6.07 Å². The summed E-state index contributed by atoms with van der Waals surface area (Å²) in [6, 6.07) is 5.69. The van der Waals surface area contributed by atoms with Gasteiger partial charge in [-0.25, -0.2) is 4.39 Å². The molecule has 0 aliphatic heterocycles. The number of nitrogens with two attached hydrogens (primary N) is 1. The molecule has 0 unspecified atom stereocenters. The summed E-state index contributed by atoms with van der Waals surface area (Å²) >= 11 is 2.16. The minimum absolute atomic E-state index is 0.0927. The zero-order valence-corrected chi connectivity index (χ0v) is 11.2. The van der Waals surface area contributed by atoms with Crippen LogP contribution in [0.25, 0.3) is 0 Å². The maximum atomic E-state index is 11.9. The molecule has 88 valence electrons. The molecule has 0 fully saturated rings. The Bertz CT molecular complexity index is 378. The molecule has 0 spiro atoms. The Morgan fingerprint density at radius 2 is 2.31 bits per heavy atom. The van der Waals surface area contributed by atoms with Crippen LogP contribution in [0, 0.1) is 3.57 Å². The van der Waals surface area contributed by atoms with Crippen molar-refractivity contribution < 1.29 is 9.13 Å². The standard InChI is InChI=1S/C11H14FIN2O/c1-8(14)15-7-9-2-3-11(10(13)6-9)16-5-4-12/h2-3,6H,4-5,7H2,1H3,(H2,14,15). The zero-order valence-electron chi connectivity index (χ0n) is 9.04. The first-order valence-electron chi connectivity index (χ1n) is 4.87. The van der Waals surface area contributed by atoms with E-state index in [1.807, 2.05) is 18.2 Å². The number of alkyl halides is 1. The average molecular weight is 336 g/mol. The Kier molecular flexibility index (Phi) is 5.51. The van der Waals surface area contributed by atoms with Gasteiger partial charge < -0.3 is 10.5 Å². The van der Waals surface area contributed by atoms with Crippen LogP contribution in [0.4, 0.5) is 4.39 Å². The fraction of sp³-hybridized carbons (Fsp3) is 0.364. The molecule has 16 heavy (non-hydrogen) atoms. The second-order valence-electron chi connectivity index (χ2n) is 3.26. The van der Waals surface area contributed by atoms with Crippen molar-refractivity contribution in [2.24, 2.45) is 10.7 Å². The number of amidine groups is 1. The third kappa shape index (κ3) is 4.34. The van der Waals surface area contributed by atoms with Gasteiger partial charge in [-0.2, -0.15) is 0 Å². The summed E-state index contributed by atoms with van der Waals surface area (Å²) < 4.78 is 18.1. The van der Waals surface area contributed by atoms with Crippen molar-refractivity contribution in [2.75, 3.05) is 13.3 Å². The van der Waals surface area contributed by atoms with E-state index in [9.17, 15) is 4.39 Å². The summed E-state index contributed by atoms with van der Waals surface area (Å²) in [5, 5.41) is 0. The molecule has 0 bridgehead atoms. The first kappa shape index (κ1) is 13.2. The minimum atomic E-state index is -0.478. The summed E-state index contributed by atoms with van der Waals surface area (Å²) in [5.74, 6) is 1.27. The number of aliphatic imine (C=N–C) groups is 1. The smallest absolute Gasteiger partial charge is 0.132 e. The summed E-state index contributed by atoms with van der Waals surface area (Å²) in [6.07, 6.45) is 0. The maximum absolute atomic E-state index is 11.9. The molecule has 0 aromatic heterocycles. The van der Waals surface area contributed by atoms with Gasteiger partial charge in [0.05, 0.1) is 16.0 Å². The van der Waals surface area contributed by atoms with Crippen LogP contribution < -0.4 is 10.5 Å². The molecule has 1 aromatic carbocycles. The SMILES string of the molecule is CC(N)=NCc1ccc(OCCF)c(I)c1. The highest BCUT2D eigenvalue weighted by Crippen LogP contribution is 2.22. The molecule has 0 saturated carbocycles. The van der Waals surface area contributed by atoms with Gasteiger partial charge in [0.1, 0.15) is 19.0 Å². The van der Waals surface area contributed by atoms with Crippen molar-refractivity contribution in [1.82, 2.24) is 0 Å². The number of benzene rings is 1. The molecule has 0 radical (unpaired) electrons. The van der Waals surface area contributed by atoms with Crippen molar-refractivity contribution in [3.8, 4) is 5.75 Å². The van der Waals surface area contributed by atoms with Crippen molar-refractivity contribution in [3.63, 3.8) is 0 Å². The molecular formula is C11H14FIN2O. The van der Waals surface area contributed by atoms with E-state index in [-0.39, 0.29) is 6.61 Å². The molecule has 1 aromatic rings. The van der Waals surface area contributed by atoms with Gasteiger partial charge in [-0.15, -0.1) is 0 Å². The van der Waals surface area contributed by atoms with Crippen LogP contribution in [0.1, 0.15) is 12.5 Å². The molecule has 0 amide bonds. The van der Waals surface area contributed by atoms with Gasteiger partial charge in [0, 0.05) is 0 Å². The van der Waals surface area contributed by atoms with E-state index < -0.39 is 6.67 Å². The summed E-state index contributed by atoms with van der Waals surface area (Å²) in [4.78, 5) is 4.12. The lowest BCUT2D eigenvalue weighted by atomic mass is 10.2. The molecule has 2 N–H and O–H groups in total. The zero-order chi connectivity index (χ0) is 12.0. The molecule has 3 nitrogen and oxygen atoms in total. The summed E-state index contributed by atoms with van der Waals surface area (Å²) in [5.41, 5.74) is 6.51. The number of hydrogen-bond donors (Lipinski definition) is 1. The molecular weight excluding hydrogens is 322 g/mol. The number of nitrogens with zero attached hydrogens (tertiary/aromatic N) is 1. The van der Waals surface area contributed by atoms with Crippen LogP contribution in [-0.4, -0.2) is 19.1 Å². The first-order valence-corrected chi connectivity index (χ1v) is 5.95. The third-order valence-electron chi connectivity index (χ3n) is 1.84. The predicted octanol–water partition coefficient (Wildman–Crippen LogP) is 2.52. The largest absolute Gasteiger partial charge is 0.490 e. The van der Waals surface area contributed by atoms with Crippen molar-refractivity contribution >= 4 is 28.4 Å². The highest BCUT2D eigenvalue weighted by Gasteiger charge is 2.02. The van der Waals surface area contributed by atoms with Crippen LogP contribution in [-0.2, 0) is 6.54 Å². The lowest BCUT2D eigenvalue weighted by molar-refractivity contribution is 0.271. The first-order chi connectivity index (χ1) is 7.63. The minimum Gasteiger partial charge on any atom is -0.490 e. The lowest BCUT2D eigenvalue weighted by Crippen LogP contribution is -2.05. The van der Waals surface area contributed by atoms with Crippen LogP contribution in [0.15, 0.2) is 23.2 Å². The number of rotatable bonds is 5. The Morgan fingerprint density at radius 3 is 2.88 bits per heavy atom. The molecule has 0 heterocycles. The quantitative estimate of drug-likeness (QED) is 0.510. The topological polar surface area (TPSA) is 47.6 Å². The maximum Gasteiger partial charge on any atom is 0.132 e. The van der Waals surface area contributed by atoms with Crippen molar-refractivity contribution in [3.05, 3.63) is 27.3 Å². The van der Waals surface area contributed by atoms with Gasteiger partial charge in [0.25, 0.3) is 0 Å². The highest BCUT2D eigenvalue weighted by atomic mass is 127. The van der Waals surface area contributed by atoms with E-state index in [0.29, 0.717) is 18.1 Å². The van der Waals surface area contributed by atoms with E-state index >= 15 is 0 Å². The fourth-order valence-electron chi connectivity index (χ4n) is 1.12. The molecule has 0 aliphatic carbocycles. The number of halogens is 2. The Hall–Kier alpha value is -0.850. The van der Waals surface area contributed by atoms with Gasteiger partial charge >= 0.3 is 0 Å². The summed E-state index contributed by atoms with van der Waals surface area (Å²) in [6.45, 7) is 1.93. The number of ether oxygens (including phenoxy) is 1. The van der Waals surface area contributed by atoms with E-state index in [4.69, 9.17) is 10.5 Å². The van der Waals surface area contributed by atoms with Gasteiger partial charge in [-0.05, 0) is 47.2 Å². The van der Waals surface area contributed by atoms with Crippen molar-refractivity contribution in [2.45, 2.75) is 13.5 Å². The number of hydrogen-bond acceptors (Lipinski definition) is 2. The van der Waals surface area contributed by atoms with E-state index in [2.05, 4.69) is 27.6 Å². The van der Waals surface area contributed by atoms with Crippen LogP contribution in [0.5, 0.6) is 5.75 Å². The monoisotopic (exact) mass is 336 g/mol. The molecule has 0 saturated heterocycles. The van der Waals surface area contributed by atoms with E-state index in [1.54, 1.807) is 6.92 Å². The van der Waals surface area contributed by atoms with Gasteiger partial charge in [0.2, 0.25) is 0 Å². The van der Waals surface area contributed by atoms with Crippen molar-refractivity contribution in [1.29, 1.82) is 0 Å². The molecule has 5 heteroatoms. The van der Waals surface area contributed by atoms with E-state index in [1.165, 1.54) is 0 Å². The average Bonchev–Trinajstić information content (AvgIpc) is 2.25. The second kappa shape index (κ2) is 6.67. The lowest BCUT2D eigenvalue weighted by Gasteiger charge is -2.07. The molecule has 0 aliphatic rings. The second-order valence-corrected chi connectivity index (χ2v) is 4.42. The summed E-state index contributed by atoms with van der Waals surface area (Å²) in [7, 11) is 0.